The standard InChI is InChI=1S/C15H23NO/c1-4-15(2,3)11-5-7-13(8-6-11)17-14-9-12(16)10-14/h5-8,12,14H,4,9-10,16H2,1-3H3. The lowest BCUT2D eigenvalue weighted by Crippen LogP contribution is -2.43. The van der Waals surface area contributed by atoms with Crippen molar-refractivity contribution in [2.75, 3.05) is 0 Å². The van der Waals surface area contributed by atoms with Gasteiger partial charge in [0.1, 0.15) is 11.9 Å². The summed E-state index contributed by atoms with van der Waals surface area (Å²) in [5.41, 5.74) is 7.36. The molecule has 0 heterocycles. The van der Waals surface area contributed by atoms with E-state index in [-0.39, 0.29) is 5.41 Å². The molecule has 0 amide bonds. The van der Waals surface area contributed by atoms with Crippen LogP contribution in [0.1, 0.15) is 45.6 Å². The second kappa shape index (κ2) is 4.69. The van der Waals surface area contributed by atoms with E-state index >= 15 is 0 Å². The predicted octanol–water partition coefficient (Wildman–Crippen LogP) is 3.24. The molecule has 0 aromatic heterocycles. The molecular formula is C15H23NO. The van der Waals surface area contributed by atoms with E-state index in [4.69, 9.17) is 10.5 Å². The first kappa shape index (κ1) is 12.4. The van der Waals surface area contributed by atoms with Gasteiger partial charge in [0.05, 0.1) is 0 Å². The Morgan fingerprint density at radius 1 is 1.24 bits per heavy atom. The summed E-state index contributed by atoms with van der Waals surface area (Å²) >= 11 is 0. The maximum atomic E-state index is 5.84. The van der Waals surface area contributed by atoms with Crippen LogP contribution >= 0.6 is 0 Å². The van der Waals surface area contributed by atoms with E-state index in [0.717, 1.165) is 25.0 Å². The maximum absolute atomic E-state index is 5.84. The van der Waals surface area contributed by atoms with Crippen LogP contribution in [0.3, 0.4) is 0 Å². The van der Waals surface area contributed by atoms with E-state index in [1.807, 2.05) is 0 Å². The minimum Gasteiger partial charge on any atom is -0.490 e. The van der Waals surface area contributed by atoms with Crippen LogP contribution in [-0.4, -0.2) is 12.1 Å². The third-order valence-corrected chi connectivity index (χ3v) is 3.95. The second-order valence-electron chi connectivity index (χ2n) is 5.73. The summed E-state index contributed by atoms with van der Waals surface area (Å²) in [5.74, 6) is 0.970. The lowest BCUT2D eigenvalue weighted by Gasteiger charge is -2.32. The Labute approximate surface area is 104 Å². The van der Waals surface area contributed by atoms with Gasteiger partial charge in [0.15, 0.2) is 0 Å². The van der Waals surface area contributed by atoms with Gasteiger partial charge < -0.3 is 10.5 Å². The van der Waals surface area contributed by atoms with Crippen LogP contribution in [0.4, 0.5) is 0 Å². The highest BCUT2D eigenvalue weighted by Gasteiger charge is 2.27. The molecule has 0 aliphatic heterocycles. The summed E-state index contributed by atoms with van der Waals surface area (Å²) in [6, 6.07) is 8.86. The smallest absolute Gasteiger partial charge is 0.119 e. The van der Waals surface area contributed by atoms with Gasteiger partial charge in [0.2, 0.25) is 0 Å². The lowest BCUT2D eigenvalue weighted by atomic mass is 9.82. The fourth-order valence-corrected chi connectivity index (χ4v) is 2.08. The van der Waals surface area contributed by atoms with Crippen molar-refractivity contribution in [1.82, 2.24) is 0 Å². The third kappa shape index (κ3) is 2.81. The molecule has 1 saturated carbocycles. The summed E-state index contributed by atoms with van der Waals surface area (Å²) in [5, 5.41) is 0. The summed E-state index contributed by atoms with van der Waals surface area (Å²) < 4.78 is 5.84. The monoisotopic (exact) mass is 233 g/mol. The molecule has 0 atom stereocenters. The molecule has 0 bridgehead atoms. The first-order chi connectivity index (χ1) is 8.01. The number of hydrogen-bond acceptors (Lipinski definition) is 2. The molecule has 0 saturated heterocycles. The van der Waals surface area contributed by atoms with Crippen LogP contribution in [-0.2, 0) is 5.41 Å². The van der Waals surface area contributed by atoms with Crippen LogP contribution < -0.4 is 10.5 Å². The summed E-state index contributed by atoms with van der Waals surface area (Å²) in [6.07, 6.45) is 3.45. The highest BCUT2D eigenvalue weighted by atomic mass is 16.5. The molecule has 0 radical (unpaired) electrons. The van der Waals surface area contributed by atoms with E-state index in [9.17, 15) is 0 Å². The molecule has 1 aromatic rings. The van der Waals surface area contributed by atoms with Crippen LogP contribution in [0.5, 0.6) is 5.75 Å². The van der Waals surface area contributed by atoms with E-state index in [1.165, 1.54) is 5.56 Å². The molecule has 2 rings (SSSR count). The SMILES string of the molecule is CCC(C)(C)c1ccc(OC2CC(N)C2)cc1. The van der Waals surface area contributed by atoms with Crippen LogP contribution in [0, 0.1) is 0 Å². The number of rotatable bonds is 4. The van der Waals surface area contributed by atoms with Crippen LogP contribution in [0.2, 0.25) is 0 Å². The molecule has 2 heteroatoms. The van der Waals surface area contributed by atoms with Crippen molar-refractivity contribution >= 4 is 0 Å². The van der Waals surface area contributed by atoms with Crippen LogP contribution in [0.25, 0.3) is 0 Å². The van der Waals surface area contributed by atoms with Gasteiger partial charge in [0.25, 0.3) is 0 Å². The molecule has 1 aliphatic rings. The van der Waals surface area contributed by atoms with Crippen molar-refractivity contribution in [1.29, 1.82) is 0 Å². The molecule has 2 N–H and O–H groups in total. The molecule has 1 aromatic carbocycles. The normalized spacial score (nSPS) is 24.2. The van der Waals surface area contributed by atoms with Crippen LogP contribution in [0.15, 0.2) is 24.3 Å². The van der Waals surface area contributed by atoms with Crippen molar-refractivity contribution in [3.63, 3.8) is 0 Å². The Kier molecular flexibility index (Phi) is 3.43. The van der Waals surface area contributed by atoms with Gasteiger partial charge in [-0.25, -0.2) is 0 Å². The first-order valence-electron chi connectivity index (χ1n) is 6.54. The summed E-state index contributed by atoms with van der Waals surface area (Å²) in [7, 11) is 0. The molecule has 0 unspecified atom stereocenters. The zero-order valence-electron chi connectivity index (χ0n) is 11.1. The Morgan fingerprint density at radius 2 is 1.82 bits per heavy atom. The highest BCUT2D eigenvalue weighted by Crippen LogP contribution is 2.29. The van der Waals surface area contributed by atoms with Crippen molar-refractivity contribution < 1.29 is 4.74 Å². The van der Waals surface area contributed by atoms with E-state index in [1.54, 1.807) is 0 Å². The minimum atomic E-state index is 0.247. The number of nitrogens with two attached hydrogens (primary N) is 1. The molecule has 1 fully saturated rings. The lowest BCUT2D eigenvalue weighted by molar-refractivity contribution is 0.101. The van der Waals surface area contributed by atoms with Gasteiger partial charge in [0, 0.05) is 6.04 Å². The zero-order valence-corrected chi connectivity index (χ0v) is 11.1. The van der Waals surface area contributed by atoms with Gasteiger partial charge >= 0.3 is 0 Å². The van der Waals surface area contributed by atoms with Crippen molar-refractivity contribution in [3.05, 3.63) is 29.8 Å². The molecule has 1 aliphatic carbocycles. The molecule has 2 nitrogen and oxygen atoms in total. The van der Waals surface area contributed by atoms with E-state index in [0.29, 0.717) is 12.1 Å². The van der Waals surface area contributed by atoms with Gasteiger partial charge in [-0.2, -0.15) is 0 Å². The van der Waals surface area contributed by atoms with Gasteiger partial charge in [-0.05, 0) is 42.4 Å². The summed E-state index contributed by atoms with van der Waals surface area (Å²) in [4.78, 5) is 0. The molecule has 17 heavy (non-hydrogen) atoms. The van der Waals surface area contributed by atoms with E-state index in [2.05, 4.69) is 45.0 Å². The highest BCUT2D eigenvalue weighted by molar-refractivity contribution is 5.31. The number of hydrogen-bond donors (Lipinski definition) is 1. The van der Waals surface area contributed by atoms with Crippen molar-refractivity contribution in [2.24, 2.45) is 5.73 Å². The second-order valence-corrected chi connectivity index (χ2v) is 5.73. The zero-order chi connectivity index (χ0) is 12.5. The quantitative estimate of drug-likeness (QED) is 0.866. The Hall–Kier alpha value is -1.02. The minimum absolute atomic E-state index is 0.247. The Bertz CT molecular complexity index is 363. The Balaban J connectivity index is 1.98. The van der Waals surface area contributed by atoms with Gasteiger partial charge in [-0.15, -0.1) is 0 Å². The Morgan fingerprint density at radius 3 is 2.29 bits per heavy atom. The molecule has 0 spiro atoms. The number of benzene rings is 1. The molecule has 94 valence electrons. The average Bonchev–Trinajstić information content (AvgIpc) is 2.28. The van der Waals surface area contributed by atoms with Crippen molar-refractivity contribution in [3.8, 4) is 5.75 Å². The largest absolute Gasteiger partial charge is 0.490 e. The first-order valence-corrected chi connectivity index (χ1v) is 6.54. The fourth-order valence-electron chi connectivity index (χ4n) is 2.08. The fraction of sp³-hybridized carbons (Fsp3) is 0.600. The predicted molar refractivity (Wildman–Crippen MR) is 71.4 cm³/mol. The van der Waals surface area contributed by atoms with Crippen molar-refractivity contribution in [2.45, 2.75) is 57.6 Å². The number of ether oxygens (including phenoxy) is 1. The van der Waals surface area contributed by atoms with Gasteiger partial charge in [-0.1, -0.05) is 32.9 Å². The van der Waals surface area contributed by atoms with Gasteiger partial charge in [-0.3, -0.25) is 0 Å². The maximum Gasteiger partial charge on any atom is 0.119 e. The average molecular weight is 233 g/mol. The summed E-state index contributed by atoms with van der Waals surface area (Å²) in [6.45, 7) is 6.77. The molecular weight excluding hydrogens is 210 g/mol. The third-order valence-electron chi connectivity index (χ3n) is 3.95. The topological polar surface area (TPSA) is 35.2 Å². The van der Waals surface area contributed by atoms with E-state index < -0.39 is 0 Å².